The number of hydrogen-bond acceptors (Lipinski definition) is 4. The Labute approximate surface area is 143 Å². The summed E-state index contributed by atoms with van der Waals surface area (Å²) in [5.41, 5.74) is 3.72. The van der Waals surface area contributed by atoms with Gasteiger partial charge in [-0.2, -0.15) is 0 Å². The molecule has 3 aromatic rings. The minimum atomic E-state index is -0.111. The Morgan fingerprint density at radius 1 is 1.29 bits per heavy atom. The van der Waals surface area contributed by atoms with Crippen LogP contribution in [0.4, 0.5) is 5.69 Å². The first kappa shape index (κ1) is 14.7. The number of rotatable bonds is 2. The van der Waals surface area contributed by atoms with Crippen LogP contribution >= 0.6 is 11.6 Å². The van der Waals surface area contributed by atoms with Gasteiger partial charge in [0.05, 0.1) is 11.2 Å². The van der Waals surface area contributed by atoms with Crippen LogP contribution in [-0.4, -0.2) is 28.0 Å². The SMILES string of the molecule is Cc1cc2ccc(NC3=NCC(=O)N3)cc2n1-c1cccnc1Cl. The number of aromatic nitrogens is 2. The summed E-state index contributed by atoms with van der Waals surface area (Å²) >= 11 is 6.27. The number of hydrogen-bond donors (Lipinski definition) is 2. The predicted octanol–water partition coefficient (Wildman–Crippen LogP) is 2.89. The highest BCUT2D eigenvalue weighted by Gasteiger charge is 2.15. The first-order chi connectivity index (χ1) is 11.6. The summed E-state index contributed by atoms with van der Waals surface area (Å²) in [7, 11) is 0. The third-order valence-corrected chi connectivity index (χ3v) is 4.16. The van der Waals surface area contributed by atoms with Crippen molar-refractivity contribution in [3.05, 3.63) is 53.4 Å². The van der Waals surface area contributed by atoms with E-state index < -0.39 is 0 Å². The van der Waals surface area contributed by atoms with Gasteiger partial charge in [0.1, 0.15) is 6.54 Å². The maximum Gasteiger partial charge on any atom is 0.248 e. The topological polar surface area (TPSA) is 71.3 Å². The molecule has 3 heterocycles. The van der Waals surface area contributed by atoms with Crippen molar-refractivity contribution in [2.45, 2.75) is 6.92 Å². The fourth-order valence-electron chi connectivity index (χ4n) is 2.85. The Morgan fingerprint density at radius 2 is 2.17 bits per heavy atom. The van der Waals surface area contributed by atoms with Gasteiger partial charge in [-0.25, -0.2) is 9.98 Å². The molecule has 0 aliphatic carbocycles. The summed E-state index contributed by atoms with van der Waals surface area (Å²) in [5.74, 6) is 0.355. The summed E-state index contributed by atoms with van der Waals surface area (Å²) < 4.78 is 2.06. The molecule has 0 fully saturated rings. The van der Waals surface area contributed by atoms with Crippen molar-refractivity contribution >= 4 is 40.1 Å². The molecule has 120 valence electrons. The van der Waals surface area contributed by atoms with E-state index in [0.717, 1.165) is 28.0 Å². The number of aryl methyl sites for hydroxylation is 1. The van der Waals surface area contributed by atoms with Crippen molar-refractivity contribution in [2.75, 3.05) is 11.9 Å². The van der Waals surface area contributed by atoms with Crippen molar-refractivity contribution in [1.82, 2.24) is 14.9 Å². The molecule has 4 rings (SSSR count). The van der Waals surface area contributed by atoms with Gasteiger partial charge in [0.15, 0.2) is 5.15 Å². The van der Waals surface area contributed by atoms with Crippen LogP contribution in [0.2, 0.25) is 5.15 Å². The molecule has 6 nitrogen and oxygen atoms in total. The molecule has 1 amide bonds. The average Bonchev–Trinajstić information content (AvgIpc) is 3.10. The van der Waals surface area contributed by atoms with Gasteiger partial charge in [-0.1, -0.05) is 17.7 Å². The number of benzene rings is 1. The Morgan fingerprint density at radius 3 is 2.92 bits per heavy atom. The van der Waals surface area contributed by atoms with Crippen molar-refractivity contribution in [1.29, 1.82) is 0 Å². The van der Waals surface area contributed by atoms with Crippen LogP contribution in [-0.2, 0) is 4.79 Å². The van der Waals surface area contributed by atoms with E-state index in [1.807, 2.05) is 37.3 Å². The lowest BCUT2D eigenvalue weighted by molar-refractivity contribution is -0.117. The van der Waals surface area contributed by atoms with Crippen molar-refractivity contribution in [3.8, 4) is 5.69 Å². The van der Waals surface area contributed by atoms with Crippen LogP contribution in [0.5, 0.6) is 0 Å². The van der Waals surface area contributed by atoms with E-state index in [2.05, 4.69) is 31.2 Å². The largest absolute Gasteiger partial charge is 0.326 e. The van der Waals surface area contributed by atoms with Crippen LogP contribution in [0.25, 0.3) is 16.6 Å². The maximum absolute atomic E-state index is 11.2. The molecule has 1 aromatic carbocycles. The predicted molar refractivity (Wildman–Crippen MR) is 94.9 cm³/mol. The van der Waals surface area contributed by atoms with Gasteiger partial charge in [0.25, 0.3) is 0 Å². The Balaban J connectivity index is 1.80. The van der Waals surface area contributed by atoms with E-state index in [-0.39, 0.29) is 12.5 Å². The lowest BCUT2D eigenvalue weighted by Crippen LogP contribution is -2.30. The normalized spacial score (nSPS) is 13.9. The third-order valence-electron chi connectivity index (χ3n) is 3.87. The minimum Gasteiger partial charge on any atom is -0.326 e. The van der Waals surface area contributed by atoms with Crippen LogP contribution in [0.1, 0.15) is 5.69 Å². The smallest absolute Gasteiger partial charge is 0.248 e. The van der Waals surface area contributed by atoms with E-state index in [9.17, 15) is 4.79 Å². The number of fused-ring (bicyclic) bond motifs is 1. The highest BCUT2D eigenvalue weighted by atomic mass is 35.5. The standard InChI is InChI=1S/C17H14ClN5O/c1-10-7-11-4-5-12(21-17-20-9-15(24)22-17)8-14(11)23(10)13-3-2-6-19-16(13)18/h2-8H,9H2,1H3,(H2,20,21,22,24). The quantitative estimate of drug-likeness (QED) is 0.705. The molecular formula is C17H14ClN5O. The van der Waals surface area contributed by atoms with E-state index >= 15 is 0 Å². The number of carbonyl (C=O) groups is 1. The Bertz CT molecular complexity index is 992. The molecule has 0 saturated carbocycles. The Kier molecular flexibility index (Phi) is 3.46. The molecule has 0 saturated heterocycles. The van der Waals surface area contributed by atoms with Crippen molar-refractivity contribution in [3.63, 3.8) is 0 Å². The van der Waals surface area contributed by atoms with Gasteiger partial charge in [0.2, 0.25) is 11.9 Å². The van der Waals surface area contributed by atoms with Gasteiger partial charge in [-0.15, -0.1) is 0 Å². The molecule has 2 N–H and O–H groups in total. The second-order valence-corrected chi connectivity index (χ2v) is 5.90. The maximum atomic E-state index is 11.2. The molecule has 2 aromatic heterocycles. The summed E-state index contributed by atoms with van der Waals surface area (Å²) in [6.45, 7) is 2.18. The van der Waals surface area contributed by atoms with Gasteiger partial charge in [-0.05, 0) is 37.3 Å². The summed E-state index contributed by atoms with van der Waals surface area (Å²) in [6.07, 6.45) is 1.67. The fraction of sp³-hybridized carbons (Fsp3) is 0.118. The molecule has 0 atom stereocenters. The van der Waals surface area contributed by atoms with E-state index in [4.69, 9.17) is 11.6 Å². The summed E-state index contributed by atoms with van der Waals surface area (Å²) in [4.78, 5) is 19.5. The average molecular weight is 340 g/mol. The molecule has 0 spiro atoms. The zero-order valence-corrected chi connectivity index (χ0v) is 13.6. The number of nitrogens with one attached hydrogen (secondary N) is 2. The summed E-state index contributed by atoms with van der Waals surface area (Å²) in [5, 5.41) is 7.34. The lowest BCUT2D eigenvalue weighted by Gasteiger charge is -2.11. The number of nitrogens with zero attached hydrogens (tertiary/aromatic N) is 3. The highest BCUT2D eigenvalue weighted by molar-refractivity contribution is 6.31. The van der Waals surface area contributed by atoms with E-state index in [1.165, 1.54) is 0 Å². The first-order valence-electron chi connectivity index (χ1n) is 7.46. The van der Waals surface area contributed by atoms with E-state index in [1.54, 1.807) is 6.20 Å². The number of guanidine groups is 1. The lowest BCUT2D eigenvalue weighted by atomic mass is 10.2. The van der Waals surface area contributed by atoms with Gasteiger partial charge < -0.3 is 9.88 Å². The number of anilines is 1. The molecule has 0 unspecified atom stereocenters. The molecule has 1 aliphatic heterocycles. The number of halogens is 1. The minimum absolute atomic E-state index is 0.111. The first-order valence-corrected chi connectivity index (χ1v) is 7.84. The number of aliphatic imine (C=N–C) groups is 1. The fourth-order valence-corrected chi connectivity index (χ4v) is 3.05. The molecule has 0 radical (unpaired) electrons. The Hall–Kier alpha value is -2.86. The molecular weight excluding hydrogens is 326 g/mol. The monoisotopic (exact) mass is 339 g/mol. The van der Waals surface area contributed by atoms with Crippen LogP contribution < -0.4 is 10.6 Å². The van der Waals surface area contributed by atoms with Crippen LogP contribution in [0, 0.1) is 6.92 Å². The third kappa shape index (κ3) is 2.51. The summed E-state index contributed by atoms with van der Waals surface area (Å²) in [6, 6.07) is 11.9. The zero-order chi connectivity index (χ0) is 16.7. The van der Waals surface area contributed by atoms with Crippen LogP contribution in [0.15, 0.2) is 47.6 Å². The van der Waals surface area contributed by atoms with Gasteiger partial charge in [-0.3, -0.25) is 10.1 Å². The molecule has 1 aliphatic rings. The number of pyridine rings is 1. The van der Waals surface area contributed by atoms with Crippen LogP contribution in [0.3, 0.4) is 0 Å². The number of carbonyl (C=O) groups excluding carboxylic acids is 1. The highest BCUT2D eigenvalue weighted by Crippen LogP contribution is 2.29. The number of amides is 1. The molecule has 7 heteroatoms. The van der Waals surface area contributed by atoms with Crippen molar-refractivity contribution in [2.24, 2.45) is 4.99 Å². The van der Waals surface area contributed by atoms with Gasteiger partial charge >= 0.3 is 0 Å². The second kappa shape index (κ2) is 5.65. The van der Waals surface area contributed by atoms with E-state index in [0.29, 0.717) is 11.1 Å². The molecule has 24 heavy (non-hydrogen) atoms. The molecule has 0 bridgehead atoms. The van der Waals surface area contributed by atoms with Crippen molar-refractivity contribution < 1.29 is 4.79 Å². The zero-order valence-electron chi connectivity index (χ0n) is 12.9. The second-order valence-electron chi connectivity index (χ2n) is 5.55. The van der Waals surface area contributed by atoms with Gasteiger partial charge in [0, 0.05) is 23.0 Å².